The van der Waals surface area contributed by atoms with Crippen molar-refractivity contribution in [3.63, 3.8) is 0 Å². The lowest BCUT2D eigenvalue weighted by molar-refractivity contribution is -0.137. The van der Waals surface area contributed by atoms with Gasteiger partial charge in [0.25, 0.3) is 0 Å². The lowest BCUT2D eigenvalue weighted by atomic mass is 10.1. The van der Waals surface area contributed by atoms with E-state index in [-0.39, 0.29) is 34.3 Å². The molecule has 1 aromatic carbocycles. The van der Waals surface area contributed by atoms with E-state index in [0.717, 1.165) is 12.1 Å². The average Bonchev–Trinajstić information content (AvgIpc) is 2.42. The van der Waals surface area contributed by atoms with E-state index < -0.39 is 17.6 Å². The number of hydrogen-bond donors (Lipinski definition) is 0. The topological polar surface area (TPSA) is 46.6 Å². The molecule has 0 heterocycles. The van der Waals surface area contributed by atoms with Crippen LogP contribution in [0.25, 0.3) is 0 Å². The summed E-state index contributed by atoms with van der Waals surface area (Å²) >= 11 is 11.9. The number of anilines is 1. The van der Waals surface area contributed by atoms with Gasteiger partial charge in [-0.3, -0.25) is 4.79 Å². The minimum atomic E-state index is -0.740. The molecular formula is C14H14Cl2FNO3. The number of hydrogen-bond acceptors (Lipinski definition) is 4. The maximum Gasteiger partial charge on any atom is 0.330 e. The van der Waals surface area contributed by atoms with E-state index in [1.807, 2.05) is 0 Å². The van der Waals surface area contributed by atoms with Gasteiger partial charge in [-0.05, 0) is 6.07 Å². The summed E-state index contributed by atoms with van der Waals surface area (Å²) in [7, 11) is 3.26. The van der Waals surface area contributed by atoms with Crippen LogP contribution in [0.15, 0.2) is 18.7 Å². The highest BCUT2D eigenvalue weighted by molar-refractivity contribution is 6.41. The van der Waals surface area contributed by atoms with Gasteiger partial charge in [0.15, 0.2) is 5.78 Å². The van der Waals surface area contributed by atoms with Gasteiger partial charge in [0.05, 0.1) is 17.3 Å². The van der Waals surface area contributed by atoms with Crippen LogP contribution >= 0.6 is 23.2 Å². The molecule has 21 heavy (non-hydrogen) atoms. The first-order valence-electron chi connectivity index (χ1n) is 5.96. The van der Waals surface area contributed by atoms with Gasteiger partial charge >= 0.3 is 5.97 Å². The maximum atomic E-state index is 13.8. The van der Waals surface area contributed by atoms with Crippen molar-refractivity contribution in [1.82, 2.24) is 0 Å². The average molecular weight is 334 g/mol. The van der Waals surface area contributed by atoms with Crippen molar-refractivity contribution in [2.45, 2.75) is 6.42 Å². The molecule has 0 saturated heterocycles. The Morgan fingerprint density at radius 1 is 1.38 bits per heavy atom. The summed E-state index contributed by atoms with van der Waals surface area (Å²) in [5.41, 5.74) is 0.224. The van der Waals surface area contributed by atoms with Gasteiger partial charge < -0.3 is 9.64 Å². The summed E-state index contributed by atoms with van der Waals surface area (Å²) in [5, 5.41) is -0.0916. The van der Waals surface area contributed by atoms with E-state index in [9.17, 15) is 14.0 Å². The summed E-state index contributed by atoms with van der Waals surface area (Å²) in [6, 6.07) is 0.981. The van der Waals surface area contributed by atoms with Crippen LogP contribution in [0.1, 0.15) is 16.8 Å². The molecule has 0 fully saturated rings. The molecule has 0 aromatic heterocycles. The Balaban J connectivity index is 3.00. The van der Waals surface area contributed by atoms with Gasteiger partial charge in [0.2, 0.25) is 0 Å². The third-order valence-electron chi connectivity index (χ3n) is 2.62. The molecule has 0 radical (unpaired) electrons. The third kappa shape index (κ3) is 4.19. The highest BCUT2D eigenvalue weighted by atomic mass is 35.5. The Hall–Kier alpha value is -1.59. The van der Waals surface area contributed by atoms with Crippen LogP contribution < -0.4 is 4.90 Å². The SMILES string of the molecule is C=CC(=O)OCCC(=O)c1cc(F)c(Cl)c(N(C)C)c1Cl. The van der Waals surface area contributed by atoms with Crippen LogP contribution in [0, 0.1) is 5.82 Å². The van der Waals surface area contributed by atoms with E-state index in [0.29, 0.717) is 0 Å². The number of benzene rings is 1. The standard InChI is InChI=1S/C14H14Cl2FNO3/c1-4-11(20)21-6-5-10(19)8-7-9(17)13(16)14(12(8)15)18(2)3/h4,7H,1,5-6H2,2-3H3. The lowest BCUT2D eigenvalue weighted by Gasteiger charge is -2.18. The fraction of sp³-hybridized carbons (Fsp3) is 0.286. The van der Waals surface area contributed by atoms with Crippen LogP contribution in [0.3, 0.4) is 0 Å². The molecule has 0 aliphatic heterocycles. The molecule has 0 aliphatic carbocycles. The zero-order chi connectivity index (χ0) is 16.2. The highest BCUT2D eigenvalue weighted by Crippen LogP contribution is 2.37. The first-order valence-corrected chi connectivity index (χ1v) is 6.72. The number of carbonyl (C=O) groups excluding carboxylic acids is 2. The lowest BCUT2D eigenvalue weighted by Crippen LogP contribution is -2.14. The van der Waals surface area contributed by atoms with Gasteiger partial charge in [-0.2, -0.15) is 0 Å². The number of Topliss-reactive ketones (excluding diaryl/α,β-unsaturated/α-hetero) is 1. The van der Waals surface area contributed by atoms with Gasteiger partial charge in [-0.15, -0.1) is 0 Å². The van der Waals surface area contributed by atoms with Crippen molar-refractivity contribution < 1.29 is 18.7 Å². The second kappa shape index (κ2) is 7.43. The predicted octanol–water partition coefficient (Wildman–Crippen LogP) is 3.50. The summed E-state index contributed by atoms with van der Waals surface area (Å²) in [5.74, 6) is -1.82. The Kier molecular flexibility index (Phi) is 6.18. The van der Waals surface area contributed by atoms with E-state index in [4.69, 9.17) is 27.9 Å². The van der Waals surface area contributed by atoms with Gasteiger partial charge in [0, 0.05) is 32.2 Å². The van der Waals surface area contributed by atoms with Crippen molar-refractivity contribution in [3.05, 3.63) is 40.1 Å². The quantitative estimate of drug-likeness (QED) is 0.346. The van der Waals surface area contributed by atoms with Crippen molar-refractivity contribution in [2.75, 3.05) is 25.6 Å². The first kappa shape index (κ1) is 17.5. The normalized spacial score (nSPS) is 10.1. The number of ketones is 1. The molecule has 0 amide bonds. The van der Waals surface area contributed by atoms with Crippen molar-refractivity contribution in [2.24, 2.45) is 0 Å². The Labute approximate surface area is 132 Å². The van der Waals surface area contributed by atoms with Gasteiger partial charge in [0.1, 0.15) is 10.8 Å². The largest absolute Gasteiger partial charge is 0.462 e. The second-order valence-corrected chi connectivity index (χ2v) is 5.08. The molecule has 1 rings (SSSR count). The molecule has 0 atom stereocenters. The van der Waals surface area contributed by atoms with E-state index >= 15 is 0 Å². The Morgan fingerprint density at radius 3 is 2.52 bits per heavy atom. The molecule has 114 valence electrons. The minimum absolute atomic E-state index is 0.00285. The monoisotopic (exact) mass is 333 g/mol. The first-order chi connectivity index (χ1) is 9.79. The zero-order valence-electron chi connectivity index (χ0n) is 11.6. The number of nitrogens with zero attached hydrogens (tertiary/aromatic N) is 1. The smallest absolute Gasteiger partial charge is 0.330 e. The number of rotatable bonds is 6. The van der Waals surface area contributed by atoms with Crippen LogP contribution in [0.2, 0.25) is 10.0 Å². The predicted molar refractivity (Wildman–Crippen MR) is 80.9 cm³/mol. The van der Waals surface area contributed by atoms with E-state index in [2.05, 4.69) is 6.58 Å². The highest BCUT2D eigenvalue weighted by Gasteiger charge is 2.21. The van der Waals surface area contributed by atoms with Gasteiger partial charge in [-0.1, -0.05) is 29.8 Å². The van der Waals surface area contributed by atoms with Crippen molar-refractivity contribution >= 4 is 40.6 Å². The van der Waals surface area contributed by atoms with E-state index in [1.165, 1.54) is 4.90 Å². The Morgan fingerprint density at radius 2 is 2.00 bits per heavy atom. The molecule has 7 heteroatoms. The summed E-state index contributed by atoms with van der Waals surface area (Å²) in [6.07, 6.45) is 0.872. The fourth-order valence-corrected chi connectivity index (χ4v) is 2.41. The van der Waals surface area contributed by atoms with Crippen LogP contribution in [0.5, 0.6) is 0 Å². The molecule has 0 spiro atoms. The second-order valence-electron chi connectivity index (χ2n) is 4.32. The number of carbonyl (C=O) groups is 2. The zero-order valence-corrected chi connectivity index (χ0v) is 13.1. The molecule has 1 aromatic rings. The minimum Gasteiger partial charge on any atom is -0.462 e. The summed E-state index contributed by atoms with van der Waals surface area (Å²) in [4.78, 5) is 24.4. The number of halogens is 3. The fourth-order valence-electron chi connectivity index (χ4n) is 1.62. The maximum absolute atomic E-state index is 13.8. The molecular weight excluding hydrogens is 320 g/mol. The number of ether oxygens (including phenoxy) is 1. The molecule has 0 unspecified atom stereocenters. The third-order valence-corrected chi connectivity index (χ3v) is 3.36. The molecule has 0 N–H and O–H groups in total. The van der Waals surface area contributed by atoms with Crippen LogP contribution in [0.4, 0.5) is 10.1 Å². The van der Waals surface area contributed by atoms with Crippen molar-refractivity contribution in [1.29, 1.82) is 0 Å². The summed E-state index contributed by atoms with van der Waals surface area (Å²) in [6.45, 7) is 3.10. The van der Waals surface area contributed by atoms with Gasteiger partial charge in [-0.25, -0.2) is 9.18 Å². The van der Waals surface area contributed by atoms with E-state index in [1.54, 1.807) is 14.1 Å². The van der Waals surface area contributed by atoms with Crippen LogP contribution in [-0.4, -0.2) is 32.5 Å². The molecule has 0 saturated carbocycles. The molecule has 0 aliphatic rings. The summed E-state index contributed by atoms with van der Waals surface area (Å²) < 4.78 is 18.5. The van der Waals surface area contributed by atoms with Crippen LogP contribution in [-0.2, 0) is 9.53 Å². The van der Waals surface area contributed by atoms with Crippen molar-refractivity contribution in [3.8, 4) is 0 Å². The molecule has 4 nitrogen and oxygen atoms in total. The molecule has 0 bridgehead atoms. The Bertz CT molecular complexity index is 588. The number of esters is 1.